The summed E-state index contributed by atoms with van der Waals surface area (Å²) in [5.74, 6) is -2.34. The predicted molar refractivity (Wildman–Crippen MR) is 160 cm³/mol. The number of hydrogen-bond acceptors (Lipinski definition) is 10. The molecule has 5 fully saturated rings. The molecule has 1 N–H and O–H groups in total. The van der Waals surface area contributed by atoms with Crippen molar-refractivity contribution in [3.8, 4) is 0 Å². The molecule has 0 bridgehead atoms. The zero-order chi connectivity index (χ0) is 32.9. The second-order valence-corrected chi connectivity index (χ2v) is 15.7. The number of hydrogen-bond donors (Lipinski definition) is 1. The first-order valence-electron chi connectivity index (χ1n) is 16.8. The van der Waals surface area contributed by atoms with Gasteiger partial charge in [0.25, 0.3) is 0 Å². The van der Waals surface area contributed by atoms with Crippen LogP contribution in [-0.4, -0.2) is 72.7 Å². The summed E-state index contributed by atoms with van der Waals surface area (Å²) in [7, 11) is 0. The van der Waals surface area contributed by atoms with Gasteiger partial charge in [-0.1, -0.05) is 53.2 Å². The fourth-order valence-electron chi connectivity index (χ4n) is 11.3. The molecule has 4 aliphatic carbocycles. The van der Waals surface area contributed by atoms with Gasteiger partial charge in [-0.05, 0) is 31.1 Å². The van der Waals surface area contributed by atoms with Crippen molar-refractivity contribution in [1.29, 1.82) is 0 Å². The van der Waals surface area contributed by atoms with E-state index in [9.17, 15) is 24.3 Å². The lowest BCUT2D eigenvalue weighted by Gasteiger charge is -2.70. The molecule has 6 aliphatic rings. The minimum Gasteiger partial charge on any atom is -0.465 e. The van der Waals surface area contributed by atoms with Crippen LogP contribution in [0.2, 0.25) is 0 Å². The summed E-state index contributed by atoms with van der Waals surface area (Å²) in [5.41, 5.74) is -1.83. The third-order valence-electron chi connectivity index (χ3n) is 13.5. The molecular weight excluding hydrogens is 580 g/mol. The maximum atomic E-state index is 13.7. The normalized spacial score (nSPS) is 48.7. The lowest BCUT2D eigenvalue weighted by atomic mass is 9.35. The molecule has 3 unspecified atom stereocenters. The molecule has 0 amide bonds. The summed E-state index contributed by atoms with van der Waals surface area (Å²) in [6.07, 6.45) is 1.25. The molecule has 0 aromatic carbocycles. The van der Waals surface area contributed by atoms with Gasteiger partial charge in [0, 0.05) is 53.8 Å². The van der Waals surface area contributed by atoms with Crippen LogP contribution in [0.15, 0.2) is 11.6 Å². The van der Waals surface area contributed by atoms with Crippen molar-refractivity contribution in [3.05, 3.63) is 11.6 Å². The van der Waals surface area contributed by atoms with Crippen LogP contribution in [0.25, 0.3) is 0 Å². The Morgan fingerprint density at radius 1 is 1.02 bits per heavy atom. The highest BCUT2D eigenvalue weighted by molar-refractivity contribution is 5.73. The Morgan fingerprint density at radius 2 is 1.69 bits per heavy atom. The molecule has 3 saturated carbocycles. The van der Waals surface area contributed by atoms with Crippen molar-refractivity contribution in [1.82, 2.24) is 0 Å². The number of esters is 4. The number of ether oxygens (including phenoxy) is 5. The smallest absolute Gasteiger partial charge is 0.309 e. The van der Waals surface area contributed by atoms with E-state index in [2.05, 4.69) is 26.8 Å². The van der Waals surface area contributed by atoms with Gasteiger partial charge >= 0.3 is 23.9 Å². The van der Waals surface area contributed by atoms with Gasteiger partial charge in [-0.15, -0.1) is 0 Å². The quantitative estimate of drug-likeness (QED) is 0.259. The minimum atomic E-state index is -0.798. The maximum absolute atomic E-state index is 13.7. The van der Waals surface area contributed by atoms with Crippen LogP contribution in [-0.2, 0) is 42.9 Å². The van der Waals surface area contributed by atoms with Crippen molar-refractivity contribution in [3.63, 3.8) is 0 Å². The van der Waals surface area contributed by atoms with E-state index >= 15 is 0 Å². The SMILES string of the molecule is CCC(C)C(=O)O[C@@H]1C2OC[C@]3(C)[C@H](O)C[C@H](OC(C)=O)[C@@](C)([C@@H]23)[C@H]2C[C@H](OC(C)=O)[C@]3(C)C(=CC[C@H]3C3COC(=O)C3)[C@]12C. The summed E-state index contributed by atoms with van der Waals surface area (Å²) in [6.45, 7) is 15.7. The van der Waals surface area contributed by atoms with E-state index in [-0.39, 0.29) is 54.6 Å². The highest BCUT2D eigenvalue weighted by Crippen LogP contribution is 2.76. The lowest BCUT2D eigenvalue weighted by Crippen LogP contribution is -2.74. The number of aliphatic hydroxyl groups excluding tert-OH is 1. The van der Waals surface area contributed by atoms with Gasteiger partial charge < -0.3 is 28.8 Å². The van der Waals surface area contributed by atoms with Crippen LogP contribution < -0.4 is 0 Å². The Kier molecular flexibility index (Phi) is 7.79. The highest BCUT2D eigenvalue weighted by atomic mass is 16.6. The van der Waals surface area contributed by atoms with Crippen LogP contribution in [0.3, 0.4) is 0 Å². The lowest BCUT2D eigenvalue weighted by molar-refractivity contribution is -0.275. The molecule has 0 radical (unpaired) electrons. The monoisotopic (exact) mass is 630 g/mol. The molecule has 2 saturated heterocycles. The molecule has 10 heteroatoms. The summed E-state index contributed by atoms with van der Waals surface area (Å²) in [6, 6.07) is 0. The Morgan fingerprint density at radius 3 is 2.29 bits per heavy atom. The number of carbonyl (C=O) groups is 4. The van der Waals surface area contributed by atoms with Crippen LogP contribution in [0, 0.1) is 51.2 Å². The second kappa shape index (κ2) is 10.8. The van der Waals surface area contributed by atoms with E-state index in [1.165, 1.54) is 13.8 Å². The first-order valence-corrected chi connectivity index (χ1v) is 16.8. The van der Waals surface area contributed by atoms with Gasteiger partial charge in [0.1, 0.15) is 18.3 Å². The van der Waals surface area contributed by atoms with E-state index < -0.39 is 64.1 Å². The molecule has 0 spiro atoms. The number of rotatable bonds is 6. The van der Waals surface area contributed by atoms with Crippen LogP contribution in [0.1, 0.15) is 87.5 Å². The second-order valence-electron chi connectivity index (χ2n) is 15.7. The van der Waals surface area contributed by atoms with E-state index in [4.69, 9.17) is 23.7 Å². The molecule has 250 valence electrons. The zero-order valence-corrected chi connectivity index (χ0v) is 27.9. The Labute approximate surface area is 265 Å². The fourth-order valence-corrected chi connectivity index (χ4v) is 11.3. The highest BCUT2D eigenvalue weighted by Gasteiger charge is 2.79. The molecule has 0 aromatic heterocycles. The van der Waals surface area contributed by atoms with Gasteiger partial charge in [0.05, 0.1) is 37.8 Å². The zero-order valence-electron chi connectivity index (χ0n) is 27.9. The molecule has 0 aromatic rings. The van der Waals surface area contributed by atoms with Crippen molar-refractivity contribution in [2.45, 2.75) is 118 Å². The molecule has 10 nitrogen and oxygen atoms in total. The summed E-state index contributed by atoms with van der Waals surface area (Å²) in [4.78, 5) is 51.3. The molecular formula is C35H50O10. The van der Waals surface area contributed by atoms with Crippen molar-refractivity contribution >= 4 is 23.9 Å². The molecule has 2 aliphatic heterocycles. The average Bonchev–Trinajstić information content (AvgIpc) is 3.66. The van der Waals surface area contributed by atoms with E-state index in [0.717, 1.165) is 5.57 Å². The Hall–Kier alpha value is -2.46. The van der Waals surface area contributed by atoms with Gasteiger partial charge in [-0.3, -0.25) is 19.2 Å². The number of carbonyl (C=O) groups excluding carboxylic acids is 4. The van der Waals surface area contributed by atoms with Crippen LogP contribution >= 0.6 is 0 Å². The van der Waals surface area contributed by atoms with Gasteiger partial charge in [0.15, 0.2) is 0 Å². The standard InChI is InChI=1S/C35H50O10/c1-9-17(2)31(40)45-30-28-29-32(5,16-42-28)24(38)14-26(44-19(4)37)35(29,8)23-13-25(43-18(3)36)33(6)21(20-12-27(39)41-15-20)10-11-22(33)34(23,30)7/h11,17,20-21,23-26,28-30,38H,9-10,12-16H2,1-8H3/t17?,20?,21-,23-,24+,25-,26-,28?,29-,30+,32+,33-,34-,35-/m0/s1. The van der Waals surface area contributed by atoms with Gasteiger partial charge in [-0.25, -0.2) is 0 Å². The van der Waals surface area contributed by atoms with Crippen LogP contribution in [0.4, 0.5) is 0 Å². The molecule has 45 heavy (non-hydrogen) atoms. The summed E-state index contributed by atoms with van der Waals surface area (Å²) in [5, 5.41) is 11.6. The van der Waals surface area contributed by atoms with Crippen molar-refractivity contribution in [2.24, 2.45) is 51.2 Å². The minimum absolute atomic E-state index is 0.0373. The van der Waals surface area contributed by atoms with Gasteiger partial charge in [-0.2, -0.15) is 0 Å². The average molecular weight is 631 g/mol. The van der Waals surface area contributed by atoms with Crippen LogP contribution in [0.5, 0.6) is 0 Å². The third kappa shape index (κ3) is 4.40. The Balaban J connectivity index is 1.56. The number of aliphatic hydroxyl groups is 1. The molecule has 14 atom stereocenters. The van der Waals surface area contributed by atoms with E-state index in [1.54, 1.807) is 0 Å². The fraction of sp³-hybridized carbons (Fsp3) is 0.829. The molecule has 6 rings (SSSR count). The number of allylic oxidation sites excluding steroid dienone is 1. The third-order valence-corrected chi connectivity index (χ3v) is 13.5. The van der Waals surface area contributed by atoms with Crippen molar-refractivity contribution in [2.75, 3.05) is 13.2 Å². The first kappa shape index (κ1) is 32.5. The largest absolute Gasteiger partial charge is 0.465 e. The summed E-state index contributed by atoms with van der Waals surface area (Å²) >= 11 is 0. The first-order chi connectivity index (χ1) is 21.0. The van der Waals surface area contributed by atoms with E-state index in [1.807, 2.05) is 20.8 Å². The number of fused-ring (bicyclic) bond motifs is 4. The van der Waals surface area contributed by atoms with E-state index in [0.29, 0.717) is 32.3 Å². The maximum Gasteiger partial charge on any atom is 0.309 e. The van der Waals surface area contributed by atoms with Gasteiger partial charge in [0.2, 0.25) is 0 Å². The molecule has 2 heterocycles. The summed E-state index contributed by atoms with van der Waals surface area (Å²) < 4.78 is 31.0. The predicted octanol–water partition coefficient (Wildman–Crippen LogP) is 4.16. The van der Waals surface area contributed by atoms with Crippen molar-refractivity contribution < 1.29 is 48.0 Å². The number of cyclic esters (lactones) is 1. The Bertz CT molecular complexity index is 1310. The topological polar surface area (TPSA) is 135 Å².